The molecule has 88 valence electrons. The number of nitrogens with two attached hydrogens (primary N) is 1. The zero-order chi connectivity index (χ0) is 12.4. The van der Waals surface area contributed by atoms with Crippen LogP contribution in [-0.2, 0) is 0 Å². The van der Waals surface area contributed by atoms with E-state index in [2.05, 4.69) is 31.2 Å². The van der Waals surface area contributed by atoms with Crippen molar-refractivity contribution >= 4 is 44.9 Å². The minimum absolute atomic E-state index is 0.0353. The lowest BCUT2D eigenvalue weighted by Gasteiger charge is -2.08. The third-order valence-electron chi connectivity index (χ3n) is 2.00. The highest BCUT2D eigenvalue weighted by atomic mass is 79.9. The van der Waals surface area contributed by atoms with Crippen LogP contribution in [0.4, 0.5) is 21.7 Å². The van der Waals surface area contributed by atoms with E-state index in [0.29, 0.717) is 21.8 Å². The average Bonchev–Trinajstić information content (AvgIpc) is 2.30. The number of nitrogens with one attached hydrogen (secondary N) is 1. The van der Waals surface area contributed by atoms with Crippen LogP contribution < -0.4 is 11.1 Å². The topological polar surface area (TPSA) is 63.8 Å². The van der Waals surface area contributed by atoms with Gasteiger partial charge in [0.25, 0.3) is 0 Å². The van der Waals surface area contributed by atoms with Gasteiger partial charge in [-0.05, 0) is 34.1 Å². The van der Waals surface area contributed by atoms with Gasteiger partial charge in [0.05, 0.1) is 5.02 Å². The van der Waals surface area contributed by atoms with Crippen molar-refractivity contribution in [2.24, 2.45) is 0 Å². The molecule has 0 atom stereocenters. The normalized spacial score (nSPS) is 10.3. The minimum atomic E-state index is -0.474. The van der Waals surface area contributed by atoms with E-state index < -0.39 is 5.82 Å². The van der Waals surface area contributed by atoms with E-state index in [-0.39, 0.29) is 5.02 Å². The van der Waals surface area contributed by atoms with Crippen LogP contribution >= 0.6 is 27.5 Å². The molecule has 4 nitrogen and oxygen atoms in total. The zero-order valence-electron chi connectivity index (χ0n) is 8.42. The molecule has 0 amide bonds. The Morgan fingerprint density at radius 1 is 1.35 bits per heavy atom. The van der Waals surface area contributed by atoms with E-state index in [9.17, 15) is 4.39 Å². The van der Waals surface area contributed by atoms with Gasteiger partial charge in [-0.2, -0.15) is 0 Å². The van der Waals surface area contributed by atoms with Crippen LogP contribution in [0.25, 0.3) is 0 Å². The molecule has 0 saturated heterocycles. The van der Waals surface area contributed by atoms with Crippen LogP contribution in [0.1, 0.15) is 0 Å². The van der Waals surface area contributed by atoms with Crippen LogP contribution in [0.2, 0.25) is 5.02 Å². The Balaban J connectivity index is 2.31. The molecule has 0 aliphatic carbocycles. The molecule has 7 heteroatoms. The number of hydrogen-bond donors (Lipinski definition) is 2. The summed E-state index contributed by atoms with van der Waals surface area (Å²) in [6.07, 6.45) is 1.33. The first kappa shape index (κ1) is 12.1. The average molecular weight is 318 g/mol. The summed E-state index contributed by atoms with van der Waals surface area (Å²) < 4.78 is 13.5. The summed E-state index contributed by atoms with van der Waals surface area (Å²) in [6.45, 7) is 0. The molecular formula is C10H7BrClFN4. The first-order valence-corrected chi connectivity index (χ1v) is 5.73. The van der Waals surface area contributed by atoms with Gasteiger partial charge in [0.1, 0.15) is 28.3 Å². The highest BCUT2D eigenvalue weighted by molar-refractivity contribution is 9.10. The highest BCUT2D eigenvalue weighted by Gasteiger charge is 2.07. The van der Waals surface area contributed by atoms with E-state index in [4.69, 9.17) is 17.3 Å². The van der Waals surface area contributed by atoms with Gasteiger partial charge in [0.15, 0.2) is 0 Å². The lowest BCUT2D eigenvalue weighted by atomic mass is 10.3. The van der Waals surface area contributed by atoms with Crippen LogP contribution in [0.5, 0.6) is 0 Å². The van der Waals surface area contributed by atoms with Gasteiger partial charge in [0.2, 0.25) is 0 Å². The summed E-state index contributed by atoms with van der Waals surface area (Å²) in [5.41, 5.74) is 6.21. The van der Waals surface area contributed by atoms with Gasteiger partial charge in [-0.25, -0.2) is 14.4 Å². The van der Waals surface area contributed by atoms with Crippen molar-refractivity contribution in [2.45, 2.75) is 0 Å². The monoisotopic (exact) mass is 316 g/mol. The summed E-state index contributed by atoms with van der Waals surface area (Å²) in [4.78, 5) is 7.81. The Labute approximate surface area is 110 Å². The molecule has 3 N–H and O–H groups in total. The maximum atomic E-state index is 13.0. The van der Waals surface area contributed by atoms with Crippen molar-refractivity contribution in [2.75, 3.05) is 11.1 Å². The number of aromatic nitrogens is 2. The van der Waals surface area contributed by atoms with Gasteiger partial charge in [-0.1, -0.05) is 11.6 Å². The first-order valence-electron chi connectivity index (χ1n) is 4.56. The maximum absolute atomic E-state index is 13.0. The maximum Gasteiger partial charge on any atom is 0.150 e. The Kier molecular flexibility index (Phi) is 3.44. The zero-order valence-corrected chi connectivity index (χ0v) is 10.8. The quantitative estimate of drug-likeness (QED) is 0.891. The van der Waals surface area contributed by atoms with E-state index in [1.807, 2.05) is 0 Å². The van der Waals surface area contributed by atoms with Gasteiger partial charge in [-0.3, -0.25) is 0 Å². The van der Waals surface area contributed by atoms with Crippen LogP contribution in [0, 0.1) is 5.82 Å². The Hall–Kier alpha value is -1.40. The summed E-state index contributed by atoms with van der Waals surface area (Å²) in [5.74, 6) is 0.328. The third-order valence-corrected chi connectivity index (χ3v) is 3.07. The van der Waals surface area contributed by atoms with Crippen LogP contribution in [-0.4, -0.2) is 9.97 Å². The fraction of sp³-hybridized carbons (Fsp3) is 0. The van der Waals surface area contributed by atoms with Gasteiger partial charge >= 0.3 is 0 Å². The lowest BCUT2D eigenvalue weighted by molar-refractivity contribution is 0.628. The molecule has 1 aromatic carbocycles. The number of benzene rings is 1. The van der Waals surface area contributed by atoms with E-state index in [0.717, 1.165) is 0 Å². The Morgan fingerprint density at radius 2 is 2.12 bits per heavy atom. The predicted molar refractivity (Wildman–Crippen MR) is 68.8 cm³/mol. The number of nitrogen functional groups attached to an aromatic ring is 1. The smallest absolute Gasteiger partial charge is 0.150 e. The SMILES string of the molecule is Nc1ncnc(Nc2ccc(F)c(Cl)c2)c1Br. The number of anilines is 3. The summed E-state index contributed by atoms with van der Waals surface area (Å²) in [6, 6.07) is 4.27. The molecule has 0 radical (unpaired) electrons. The van der Waals surface area contributed by atoms with Gasteiger partial charge < -0.3 is 11.1 Å². The van der Waals surface area contributed by atoms with Crippen molar-refractivity contribution in [1.29, 1.82) is 0 Å². The van der Waals surface area contributed by atoms with Crippen LogP contribution in [0.15, 0.2) is 29.0 Å². The van der Waals surface area contributed by atoms with Crippen molar-refractivity contribution in [3.05, 3.63) is 39.8 Å². The fourth-order valence-electron chi connectivity index (χ4n) is 1.18. The van der Waals surface area contributed by atoms with Gasteiger partial charge in [0, 0.05) is 5.69 Å². The molecule has 1 aromatic heterocycles. The molecule has 0 unspecified atom stereocenters. The molecule has 0 bridgehead atoms. The Bertz CT molecular complexity index is 564. The largest absolute Gasteiger partial charge is 0.383 e. The lowest BCUT2D eigenvalue weighted by Crippen LogP contribution is -2.00. The number of nitrogens with zero attached hydrogens (tertiary/aromatic N) is 2. The minimum Gasteiger partial charge on any atom is -0.383 e. The van der Waals surface area contributed by atoms with E-state index in [1.54, 1.807) is 6.07 Å². The second kappa shape index (κ2) is 4.85. The van der Waals surface area contributed by atoms with Crippen molar-refractivity contribution < 1.29 is 4.39 Å². The highest BCUT2D eigenvalue weighted by Crippen LogP contribution is 2.28. The molecule has 0 aliphatic heterocycles. The number of hydrogen-bond acceptors (Lipinski definition) is 4. The number of rotatable bonds is 2. The second-order valence-electron chi connectivity index (χ2n) is 3.18. The summed E-state index contributed by atoms with van der Waals surface area (Å²) >= 11 is 8.92. The van der Waals surface area contributed by atoms with Gasteiger partial charge in [-0.15, -0.1) is 0 Å². The standard InChI is InChI=1S/C10H7BrClFN4/c11-8-9(14)15-4-16-10(8)17-5-1-2-7(13)6(12)3-5/h1-4H,(H3,14,15,16,17). The van der Waals surface area contributed by atoms with E-state index in [1.165, 1.54) is 18.5 Å². The van der Waals surface area contributed by atoms with Crippen LogP contribution in [0.3, 0.4) is 0 Å². The molecule has 2 aromatic rings. The van der Waals surface area contributed by atoms with Crippen molar-refractivity contribution in [3.8, 4) is 0 Å². The van der Waals surface area contributed by atoms with E-state index >= 15 is 0 Å². The molecule has 0 aliphatic rings. The molecule has 0 fully saturated rings. The molecule has 1 heterocycles. The first-order chi connectivity index (χ1) is 8.08. The summed E-state index contributed by atoms with van der Waals surface area (Å²) in [7, 11) is 0. The Morgan fingerprint density at radius 3 is 2.82 bits per heavy atom. The summed E-state index contributed by atoms with van der Waals surface area (Å²) in [5, 5.41) is 2.99. The molecule has 2 rings (SSSR count). The van der Waals surface area contributed by atoms with Crippen molar-refractivity contribution in [3.63, 3.8) is 0 Å². The third kappa shape index (κ3) is 2.65. The molecule has 0 spiro atoms. The molecule has 0 saturated carbocycles. The fourth-order valence-corrected chi connectivity index (χ4v) is 1.67. The molecule has 17 heavy (non-hydrogen) atoms. The van der Waals surface area contributed by atoms with Crippen molar-refractivity contribution in [1.82, 2.24) is 9.97 Å². The second-order valence-corrected chi connectivity index (χ2v) is 4.38. The predicted octanol–water partition coefficient (Wildman–Crippen LogP) is 3.36. The molecular weight excluding hydrogens is 310 g/mol. The number of halogens is 3.